The van der Waals surface area contributed by atoms with Crippen LogP contribution in [0.2, 0.25) is 0 Å². The van der Waals surface area contributed by atoms with Crippen LogP contribution in [-0.2, 0) is 27.1 Å². The molecule has 0 amide bonds. The number of hydrogen-bond acceptors (Lipinski definition) is 3. The number of para-hydroxylation sites is 2. The smallest absolute Gasteiger partial charge is 0.252 e. The Balaban J connectivity index is 1.27. The minimum absolute atomic E-state index is 0.0153. The normalized spacial score (nSPS) is 18.8. The Morgan fingerprint density at radius 1 is 0.525 bits per heavy atom. The second kappa shape index (κ2) is 12.2. The molecule has 7 aromatic rings. The molecule has 308 valence electrons. The molecule has 3 heterocycles. The number of anilines is 6. The second-order valence-corrected chi connectivity index (χ2v) is 22.9. The monoisotopic (exact) mass is 800 g/mol. The van der Waals surface area contributed by atoms with Crippen molar-refractivity contribution in [1.29, 1.82) is 0 Å². The Kier molecular flexibility index (Phi) is 7.76. The first-order valence-corrected chi connectivity index (χ1v) is 22.8. The molecule has 1 aromatic heterocycles. The molecule has 11 rings (SSSR count). The zero-order chi connectivity index (χ0) is 42.9. The van der Waals surface area contributed by atoms with Crippen molar-refractivity contribution in [2.75, 3.05) is 9.80 Å². The summed E-state index contributed by atoms with van der Waals surface area (Å²) in [6, 6.07) is 38.0. The van der Waals surface area contributed by atoms with Crippen LogP contribution >= 0.6 is 0 Å². The van der Waals surface area contributed by atoms with E-state index >= 15 is 0 Å². The van der Waals surface area contributed by atoms with Crippen LogP contribution in [-0.4, -0.2) is 6.71 Å². The van der Waals surface area contributed by atoms with Gasteiger partial charge in [-0.2, -0.15) is 0 Å². The highest BCUT2D eigenvalue weighted by Gasteiger charge is 2.49. The third kappa shape index (κ3) is 5.42. The number of hydrogen-bond donors (Lipinski definition) is 0. The van der Waals surface area contributed by atoms with Crippen molar-refractivity contribution < 1.29 is 4.42 Å². The summed E-state index contributed by atoms with van der Waals surface area (Å²) in [5.41, 5.74) is 23.6. The predicted molar refractivity (Wildman–Crippen MR) is 262 cm³/mol. The highest BCUT2D eigenvalue weighted by Crippen LogP contribution is 2.55. The van der Waals surface area contributed by atoms with Crippen LogP contribution in [0.15, 0.2) is 101 Å². The molecular weight excluding hydrogens is 739 g/mol. The standard InChI is InChI=1S/C57H61BN2O/c1-33-25-48-51-49(26-33)60(45-30-40-38(27-34(45)2)54(6,7)23-24-55(40,8)9)46-28-35(53(3,4)5)21-22-42(46)58(51)43-29-39-41(57(12,13)32-56(39,10)11)31-47(43)59(48)44-19-16-18-37-36-17-14-15-20-50(36)61-52(37)44/h14-22,25-31H,23-24,32H2,1-13H3. The molecule has 0 saturated heterocycles. The van der Waals surface area contributed by atoms with E-state index in [1.165, 1.54) is 96.6 Å². The molecule has 0 bridgehead atoms. The fourth-order valence-corrected chi connectivity index (χ4v) is 12.4. The summed E-state index contributed by atoms with van der Waals surface area (Å²) in [6.45, 7) is 31.4. The van der Waals surface area contributed by atoms with Gasteiger partial charge in [0.15, 0.2) is 5.58 Å². The fourth-order valence-electron chi connectivity index (χ4n) is 12.4. The second-order valence-electron chi connectivity index (χ2n) is 22.9. The Hall–Kier alpha value is -5.22. The lowest BCUT2D eigenvalue weighted by Gasteiger charge is -2.46. The van der Waals surface area contributed by atoms with Gasteiger partial charge in [0.2, 0.25) is 0 Å². The van der Waals surface area contributed by atoms with Crippen LogP contribution in [0, 0.1) is 13.8 Å². The third-order valence-corrected chi connectivity index (χ3v) is 15.6. The van der Waals surface area contributed by atoms with Gasteiger partial charge in [-0.05, 0) is 158 Å². The quantitative estimate of drug-likeness (QED) is 0.162. The van der Waals surface area contributed by atoms with E-state index in [1.54, 1.807) is 0 Å². The highest BCUT2D eigenvalue weighted by atomic mass is 16.3. The van der Waals surface area contributed by atoms with Crippen LogP contribution in [0.1, 0.15) is 134 Å². The average molecular weight is 801 g/mol. The SMILES string of the molecule is Cc1cc2c3c(c1)N(c1cccc4c1oc1ccccc14)c1cc4c(cc1B3c1ccc(C(C)(C)C)cc1N2c1cc2c(cc1C)C(C)(C)CCC2(C)C)C(C)(C)CC4(C)C. The minimum Gasteiger partial charge on any atom is -0.454 e. The number of fused-ring (bicyclic) bond motifs is 9. The first-order valence-electron chi connectivity index (χ1n) is 22.8. The number of aryl methyl sites for hydroxylation is 2. The van der Waals surface area contributed by atoms with Crippen LogP contribution in [0.4, 0.5) is 34.1 Å². The topological polar surface area (TPSA) is 19.6 Å². The van der Waals surface area contributed by atoms with Crippen LogP contribution < -0.4 is 26.2 Å². The van der Waals surface area contributed by atoms with Crippen LogP contribution in [0.5, 0.6) is 0 Å². The molecule has 0 radical (unpaired) electrons. The average Bonchev–Trinajstić information content (AvgIpc) is 3.65. The summed E-state index contributed by atoms with van der Waals surface area (Å²) < 4.78 is 6.91. The maximum absolute atomic E-state index is 6.91. The Morgan fingerprint density at radius 2 is 1.10 bits per heavy atom. The molecule has 0 saturated carbocycles. The van der Waals surface area contributed by atoms with Crippen LogP contribution in [0.3, 0.4) is 0 Å². The molecule has 0 atom stereocenters. The van der Waals surface area contributed by atoms with E-state index in [9.17, 15) is 0 Å². The van der Waals surface area contributed by atoms with Gasteiger partial charge < -0.3 is 14.2 Å². The Labute approximate surface area is 364 Å². The maximum Gasteiger partial charge on any atom is 0.252 e. The first kappa shape index (κ1) is 38.7. The lowest BCUT2D eigenvalue weighted by atomic mass is 9.33. The lowest BCUT2D eigenvalue weighted by molar-refractivity contribution is 0.332. The van der Waals surface area contributed by atoms with E-state index in [-0.39, 0.29) is 33.8 Å². The molecule has 0 fully saturated rings. The molecule has 2 aliphatic carbocycles. The van der Waals surface area contributed by atoms with E-state index in [0.29, 0.717) is 0 Å². The molecule has 0 spiro atoms. The van der Waals surface area contributed by atoms with Gasteiger partial charge in [-0.3, -0.25) is 0 Å². The maximum atomic E-state index is 6.91. The van der Waals surface area contributed by atoms with Crippen molar-refractivity contribution in [2.45, 2.75) is 136 Å². The number of rotatable bonds is 2. The molecule has 0 N–H and O–H groups in total. The van der Waals surface area contributed by atoms with E-state index in [4.69, 9.17) is 4.42 Å². The van der Waals surface area contributed by atoms with Gasteiger partial charge >= 0.3 is 0 Å². The van der Waals surface area contributed by atoms with Crippen molar-refractivity contribution in [3.63, 3.8) is 0 Å². The first-order chi connectivity index (χ1) is 28.7. The third-order valence-electron chi connectivity index (χ3n) is 15.6. The molecule has 0 unspecified atom stereocenters. The zero-order valence-electron chi connectivity index (χ0n) is 38.7. The van der Waals surface area contributed by atoms with Gasteiger partial charge in [0.05, 0.1) is 5.69 Å². The molecule has 4 heteroatoms. The van der Waals surface area contributed by atoms with Gasteiger partial charge in [-0.1, -0.05) is 131 Å². The van der Waals surface area contributed by atoms with Crippen molar-refractivity contribution in [3.8, 4) is 0 Å². The largest absolute Gasteiger partial charge is 0.454 e. The molecule has 3 nitrogen and oxygen atoms in total. The highest BCUT2D eigenvalue weighted by molar-refractivity contribution is 7.00. The number of furan rings is 1. The summed E-state index contributed by atoms with van der Waals surface area (Å²) in [7, 11) is 0. The van der Waals surface area contributed by atoms with Gasteiger partial charge in [0.1, 0.15) is 5.58 Å². The van der Waals surface area contributed by atoms with Crippen LogP contribution in [0.25, 0.3) is 21.9 Å². The fraction of sp³-hybridized carbons (Fsp3) is 0.368. The minimum atomic E-state index is -0.0153. The number of nitrogens with zero attached hydrogens (tertiary/aromatic N) is 2. The van der Waals surface area contributed by atoms with E-state index < -0.39 is 0 Å². The molecular formula is C57H61BN2O. The predicted octanol–water partition coefficient (Wildman–Crippen LogP) is 13.9. The number of benzene rings is 6. The zero-order valence-corrected chi connectivity index (χ0v) is 38.7. The summed E-state index contributed by atoms with van der Waals surface area (Å²) in [4.78, 5) is 5.26. The summed E-state index contributed by atoms with van der Waals surface area (Å²) >= 11 is 0. The van der Waals surface area contributed by atoms with Crippen molar-refractivity contribution in [3.05, 3.63) is 136 Å². The van der Waals surface area contributed by atoms with Gasteiger partial charge in [0, 0.05) is 39.2 Å². The molecule has 2 aliphatic heterocycles. The van der Waals surface area contributed by atoms with Crippen molar-refractivity contribution >= 4 is 79.2 Å². The van der Waals surface area contributed by atoms with Gasteiger partial charge in [-0.25, -0.2) is 0 Å². The lowest BCUT2D eigenvalue weighted by Crippen LogP contribution is -2.61. The van der Waals surface area contributed by atoms with E-state index in [0.717, 1.165) is 34.0 Å². The van der Waals surface area contributed by atoms with Crippen molar-refractivity contribution in [1.82, 2.24) is 0 Å². The summed E-state index contributed by atoms with van der Waals surface area (Å²) in [6.07, 6.45) is 3.49. The molecule has 61 heavy (non-hydrogen) atoms. The molecule has 4 aliphatic rings. The summed E-state index contributed by atoms with van der Waals surface area (Å²) in [5, 5.41) is 2.30. The van der Waals surface area contributed by atoms with Gasteiger partial charge in [0.25, 0.3) is 6.71 Å². The van der Waals surface area contributed by atoms with E-state index in [2.05, 4.69) is 197 Å². The van der Waals surface area contributed by atoms with E-state index in [1.807, 2.05) is 0 Å². The van der Waals surface area contributed by atoms with Crippen molar-refractivity contribution in [2.24, 2.45) is 0 Å². The Bertz CT molecular complexity index is 3040. The Morgan fingerprint density at radius 3 is 1.79 bits per heavy atom. The summed E-state index contributed by atoms with van der Waals surface area (Å²) in [5.74, 6) is 0. The van der Waals surface area contributed by atoms with Gasteiger partial charge in [-0.15, -0.1) is 0 Å². The molecule has 6 aromatic carbocycles.